The van der Waals surface area contributed by atoms with Crippen molar-refractivity contribution < 1.29 is 9.59 Å². The van der Waals surface area contributed by atoms with Gasteiger partial charge in [-0.25, -0.2) is 5.43 Å². The molecule has 1 aliphatic rings. The largest absolute Gasteiger partial charge is 0.321 e. The molecule has 0 aliphatic carbocycles. The number of hydrazone groups is 1. The van der Waals surface area contributed by atoms with Gasteiger partial charge in [-0.3, -0.25) is 9.59 Å². The molecule has 128 valence electrons. The van der Waals surface area contributed by atoms with Crippen molar-refractivity contribution in [3.8, 4) is 0 Å². The Balaban J connectivity index is 1.63. The van der Waals surface area contributed by atoms with E-state index in [1.807, 2.05) is 24.3 Å². The smallest absolute Gasteiger partial charge is 0.271 e. The van der Waals surface area contributed by atoms with E-state index >= 15 is 0 Å². The average molecular weight is 353 g/mol. The Morgan fingerprint density at radius 1 is 1.04 bits per heavy atom. The fraction of sp³-hybridized carbons (Fsp3) is 0.211. The zero-order valence-electron chi connectivity index (χ0n) is 14.1. The maximum atomic E-state index is 12.1. The average Bonchev–Trinajstić information content (AvgIpc) is 2.60. The number of nitrogens with one attached hydrogen (secondary N) is 2. The Labute approximate surface area is 150 Å². The molecule has 0 unspecified atom stereocenters. The van der Waals surface area contributed by atoms with Gasteiger partial charge in [0.25, 0.3) is 5.91 Å². The van der Waals surface area contributed by atoms with Gasteiger partial charge in [0.15, 0.2) is 0 Å². The quantitative estimate of drug-likeness (QED) is 0.881. The second-order valence-electron chi connectivity index (χ2n) is 5.92. The summed E-state index contributed by atoms with van der Waals surface area (Å²) in [5.41, 5.74) is 5.93. The van der Waals surface area contributed by atoms with Crippen molar-refractivity contribution in [2.75, 3.05) is 5.32 Å². The molecule has 3 rings (SSSR count). The highest BCUT2D eigenvalue weighted by Gasteiger charge is 2.18. The first-order valence-electron chi connectivity index (χ1n) is 8.03. The summed E-state index contributed by atoms with van der Waals surface area (Å²) in [4.78, 5) is 25.5. The molecule has 6 heteroatoms. The molecular weight excluding hydrogens is 334 g/mol. The molecule has 1 aliphatic heterocycles. The van der Waals surface area contributed by atoms with Gasteiger partial charge < -0.3 is 5.32 Å². The summed E-state index contributed by atoms with van der Waals surface area (Å²) in [6.45, 7) is 4.21. The highest BCUT2D eigenvalue weighted by Crippen LogP contribution is 2.29. The van der Waals surface area contributed by atoms with Crippen LogP contribution in [0.2, 0.25) is 0 Å². The van der Waals surface area contributed by atoms with E-state index in [0.717, 1.165) is 4.90 Å². The summed E-state index contributed by atoms with van der Waals surface area (Å²) >= 11 is 1.68. The zero-order valence-corrected chi connectivity index (χ0v) is 14.9. The van der Waals surface area contributed by atoms with Crippen LogP contribution in [0.25, 0.3) is 0 Å². The van der Waals surface area contributed by atoms with Gasteiger partial charge in [-0.05, 0) is 61.4 Å². The van der Waals surface area contributed by atoms with Gasteiger partial charge in [-0.1, -0.05) is 17.8 Å². The molecule has 0 saturated heterocycles. The molecule has 0 spiro atoms. The predicted molar refractivity (Wildman–Crippen MR) is 99.9 cm³/mol. The standard InChI is InChI=1S/C19H19N3O2S/c1-12-3-6-16(11-13(12)2)25-15-7-4-14(5-8-15)20-19(24)17-9-10-18(23)22-21-17/h3-8,11H,9-10H2,1-2H3,(H,20,24)(H,22,23). The summed E-state index contributed by atoms with van der Waals surface area (Å²) in [5, 5.41) is 6.60. The summed E-state index contributed by atoms with van der Waals surface area (Å²) in [6, 6.07) is 14.1. The van der Waals surface area contributed by atoms with Crippen molar-refractivity contribution >= 4 is 35.0 Å². The first kappa shape index (κ1) is 17.2. The molecular formula is C19H19N3O2S. The lowest BCUT2D eigenvalue weighted by molar-refractivity contribution is -0.121. The van der Waals surface area contributed by atoms with Crippen LogP contribution in [0.1, 0.15) is 24.0 Å². The van der Waals surface area contributed by atoms with Crippen LogP contribution in [0, 0.1) is 13.8 Å². The molecule has 2 N–H and O–H groups in total. The molecule has 0 bridgehead atoms. The highest BCUT2D eigenvalue weighted by molar-refractivity contribution is 7.99. The van der Waals surface area contributed by atoms with Crippen molar-refractivity contribution in [1.82, 2.24) is 5.43 Å². The van der Waals surface area contributed by atoms with Gasteiger partial charge in [0, 0.05) is 28.3 Å². The van der Waals surface area contributed by atoms with E-state index in [0.29, 0.717) is 17.8 Å². The lowest BCUT2D eigenvalue weighted by atomic mass is 10.1. The van der Waals surface area contributed by atoms with Crippen molar-refractivity contribution in [2.24, 2.45) is 5.10 Å². The summed E-state index contributed by atoms with van der Waals surface area (Å²) in [7, 11) is 0. The fourth-order valence-corrected chi connectivity index (χ4v) is 3.28. The monoisotopic (exact) mass is 353 g/mol. The minimum absolute atomic E-state index is 0.163. The lowest BCUT2D eigenvalue weighted by Crippen LogP contribution is -2.32. The number of rotatable bonds is 4. The molecule has 1 heterocycles. The summed E-state index contributed by atoms with van der Waals surface area (Å²) < 4.78 is 0. The van der Waals surface area contributed by atoms with Gasteiger partial charge in [0.1, 0.15) is 5.71 Å². The number of hydrogen-bond acceptors (Lipinski definition) is 4. The SMILES string of the molecule is Cc1ccc(Sc2ccc(NC(=O)C3=NNC(=O)CC3)cc2)cc1C. The van der Waals surface area contributed by atoms with Crippen LogP contribution in [0.5, 0.6) is 0 Å². The lowest BCUT2D eigenvalue weighted by Gasteiger charge is -2.12. The molecule has 0 aromatic heterocycles. The second-order valence-corrected chi connectivity index (χ2v) is 7.07. The molecule has 0 fully saturated rings. The number of anilines is 1. The fourth-order valence-electron chi connectivity index (χ4n) is 2.36. The number of carbonyl (C=O) groups excluding carboxylic acids is 2. The number of amides is 2. The van der Waals surface area contributed by atoms with Gasteiger partial charge in [-0.2, -0.15) is 5.10 Å². The topological polar surface area (TPSA) is 70.6 Å². The highest BCUT2D eigenvalue weighted by atomic mass is 32.2. The Morgan fingerprint density at radius 2 is 1.76 bits per heavy atom. The van der Waals surface area contributed by atoms with Gasteiger partial charge in [-0.15, -0.1) is 0 Å². The third kappa shape index (κ3) is 4.48. The van der Waals surface area contributed by atoms with Gasteiger partial charge in [0.2, 0.25) is 5.91 Å². The van der Waals surface area contributed by atoms with E-state index in [2.05, 4.69) is 47.9 Å². The van der Waals surface area contributed by atoms with E-state index in [1.54, 1.807) is 11.8 Å². The minimum atomic E-state index is -0.283. The van der Waals surface area contributed by atoms with E-state index in [4.69, 9.17) is 0 Å². The van der Waals surface area contributed by atoms with Crippen LogP contribution in [0.3, 0.4) is 0 Å². The first-order chi connectivity index (χ1) is 12.0. The Kier molecular flexibility index (Phi) is 5.19. The Hall–Kier alpha value is -2.60. The zero-order chi connectivity index (χ0) is 17.8. The molecule has 2 amide bonds. The second kappa shape index (κ2) is 7.53. The van der Waals surface area contributed by atoms with Crippen molar-refractivity contribution in [2.45, 2.75) is 36.5 Å². The van der Waals surface area contributed by atoms with Crippen LogP contribution in [-0.4, -0.2) is 17.5 Å². The molecule has 0 radical (unpaired) electrons. The maximum Gasteiger partial charge on any atom is 0.271 e. The number of carbonyl (C=O) groups is 2. The van der Waals surface area contributed by atoms with E-state index < -0.39 is 0 Å². The van der Waals surface area contributed by atoms with Crippen LogP contribution in [0.15, 0.2) is 57.4 Å². The molecule has 0 atom stereocenters. The van der Waals surface area contributed by atoms with Crippen molar-refractivity contribution in [1.29, 1.82) is 0 Å². The van der Waals surface area contributed by atoms with E-state index in [-0.39, 0.29) is 18.2 Å². The molecule has 25 heavy (non-hydrogen) atoms. The third-order valence-electron chi connectivity index (χ3n) is 3.99. The van der Waals surface area contributed by atoms with Crippen LogP contribution < -0.4 is 10.7 Å². The van der Waals surface area contributed by atoms with Crippen molar-refractivity contribution in [3.63, 3.8) is 0 Å². The molecule has 5 nitrogen and oxygen atoms in total. The molecule has 2 aromatic carbocycles. The Bertz CT molecular complexity index is 844. The Morgan fingerprint density at radius 3 is 2.40 bits per heavy atom. The third-order valence-corrected chi connectivity index (χ3v) is 4.99. The number of hydrogen-bond donors (Lipinski definition) is 2. The number of aryl methyl sites for hydroxylation is 2. The number of benzene rings is 2. The number of nitrogens with zero attached hydrogens (tertiary/aromatic N) is 1. The summed E-state index contributed by atoms with van der Waals surface area (Å²) in [5.74, 6) is -0.446. The van der Waals surface area contributed by atoms with E-state index in [9.17, 15) is 9.59 Å². The van der Waals surface area contributed by atoms with Crippen LogP contribution >= 0.6 is 11.8 Å². The van der Waals surface area contributed by atoms with E-state index in [1.165, 1.54) is 16.0 Å². The first-order valence-corrected chi connectivity index (χ1v) is 8.85. The predicted octanol–water partition coefficient (Wildman–Crippen LogP) is 3.66. The minimum Gasteiger partial charge on any atom is -0.321 e. The molecule has 0 saturated carbocycles. The van der Waals surface area contributed by atoms with Gasteiger partial charge >= 0.3 is 0 Å². The maximum absolute atomic E-state index is 12.1. The van der Waals surface area contributed by atoms with Crippen LogP contribution in [-0.2, 0) is 9.59 Å². The van der Waals surface area contributed by atoms with Crippen LogP contribution in [0.4, 0.5) is 5.69 Å². The van der Waals surface area contributed by atoms with Crippen molar-refractivity contribution in [3.05, 3.63) is 53.6 Å². The molecule has 2 aromatic rings. The summed E-state index contributed by atoms with van der Waals surface area (Å²) in [6.07, 6.45) is 0.649. The van der Waals surface area contributed by atoms with Gasteiger partial charge in [0.05, 0.1) is 0 Å². The normalized spacial score (nSPS) is 13.8.